The molecule has 8 heteroatoms. The van der Waals surface area contributed by atoms with Crippen LogP contribution >= 0.6 is 0 Å². The van der Waals surface area contributed by atoms with Crippen LogP contribution in [0.15, 0.2) is 78.1 Å². The summed E-state index contributed by atoms with van der Waals surface area (Å²) in [6, 6.07) is 11.4. The molecule has 0 radical (unpaired) electrons. The number of nitrogens with zero attached hydrogens (tertiary/aromatic N) is 4. The number of carbonyl (C=O) groups is 2. The first-order chi connectivity index (χ1) is 15.0. The Morgan fingerprint density at radius 2 is 1.87 bits per heavy atom. The Morgan fingerprint density at radius 3 is 2.61 bits per heavy atom. The van der Waals surface area contributed by atoms with Gasteiger partial charge in [0.1, 0.15) is 18.8 Å². The summed E-state index contributed by atoms with van der Waals surface area (Å²) in [6.07, 6.45) is 8.60. The molecule has 8 nitrogen and oxygen atoms in total. The number of nitrogens with one attached hydrogen (secondary N) is 1. The second kappa shape index (κ2) is 8.45. The van der Waals surface area contributed by atoms with Crippen LogP contribution in [0, 0.1) is 0 Å². The van der Waals surface area contributed by atoms with Gasteiger partial charge in [-0.25, -0.2) is 9.59 Å². The summed E-state index contributed by atoms with van der Waals surface area (Å²) < 4.78 is -0.332. The molecule has 1 aliphatic heterocycles. The van der Waals surface area contributed by atoms with Gasteiger partial charge in [-0.05, 0) is 24.6 Å². The maximum absolute atomic E-state index is 13.5. The molecular weight excluding hydrogens is 394 g/mol. The molecule has 1 aromatic carbocycles. The SMILES string of the molecule is CC[N+]1(CCc2ccncc2)N=C(C(=O)O)C=C(Nc2cncc3ccccc23)C1=O. The van der Waals surface area contributed by atoms with Crippen molar-refractivity contribution in [2.24, 2.45) is 5.10 Å². The lowest BCUT2D eigenvalue weighted by molar-refractivity contribution is -0.857. The van der Waals surface area contributed by atoms with E-state index in [1.807, 2.05) is 43.3 Å². The number of hydrogen-bond acceptors (Lipinski definition) is 6. The smallest absolute Gasteiger partial charge is 0.388 e. The number of fused-ring (bicyclic) bond motifs is 1. The molecule has 2 N–H and O–H groups in total. The third kappa shape index (κ3) is 4.06. The first kappa shape index (κ1) is 20.4. The van der Waals surface area contributed by atoms with Crippen molar-refractivity contribution in [3.8, 4) is 0 Å². The highest BCUT2D eigenvalue weighted by atomic mass is 16.4. The number of hydrogen-bond donors (Lipinski definition) is 2. The predicted octanol–water partition coefficient (Wildman–Crippen LogP) is 2.99. The molecule has 3 heterocycles. The van der Waals surface area contributed by atoms with Crippen molar-refractivity contribution in [3.63, 3.8) is 0 Å². The van der Waals surface area contributed by atoms with Gasteiger partial charge in [0.25, 0.3) is 0 Å². The van der Waals surface area contributed by atoms with Gasteiger partial charge >= 0.3 is 11.9 Å². The molecule has 1 aliphatic rings. The summed E-state index contributed by atoms with van der Waals surface area (Å²) in [5, 5.41) is 18.9. The molecule has 1 atom stereocenters. The van der Waals surface area contributed by atoms with Gasteiger partial charge in [-0.3, -0.25) is 9.97 Å². The van der Waals surface area contributed by atoms with E-state index in [2.05, 4.69) is 20.4 Å². The van der Waals surface area contributed by atoms with Crippen LogP contribution in [0.3, 0.4) is 0 Å². The number of amides is 1. The Labute approximate surface area is 179 Å². The van der Waals surface area contributed by atoms with E-state index in [-0.39, 0.29) is 21.9 Å². The molecule has 0 saturated heterocycles. The molecule has 1 unspecified atom stereocenters. The lowest BCUT2D eigenvalue weighted by Crippen LogP contribution is -2.54. The molecule has 0 bridgehead atoms. The highest BCUT2D eigenvalue weighted by Crippen LogP contribution is 2.27. The quantitative estimate of drug-likeness (QED) is 0.574. The van der Waals surface area contributed by atoms with Crippen molar-refractivity contribution in [1.29, 1.82) is 0 Å². The van der Waals surface area contributed by atoms with Crippen molar-refractivity contribution in [3.05, 3.63) is 78.5 Å². The maximum atomic E-state index is 13.5. The molecule has 0 spiro atoms. The van der Waals surface area contributed by atoms with E-state index in [0.717, 1.165) is 16.3 Å². The first-order valence-electron chi connectivity index (χ1n) is 9.98. The highest BCUT2D eigenvalue weighted by Gasteiger charge is 2.43. The van der Waals surface area contributed by atoms with Crippen LogP contribution in [-0.2, 0) is 16.0 Å². The number of likely N-dealkylation sites (N-methyl/N-ethyl adjacent to an activating group) is 1. The number of carboxylic acids is 1. The van der Waals surface area contributed by atoms with E-state index < -0.39 is 5.97 Å². The van der Waals surface area contributed by atoms with Gasteiger partial charge < -0.3 is 10.4 Å². The average molecular weight is 416 g/mol. The molecular formula is C23H22N5O3+. The third-order valence-electron chi connectivity index (χ3n) is 5.39. The van der Waals surface area contributed by atoms with Gasteiger partial charge in [0.15, 0.2) is 0 Å². The normalized spacial score (nSPS) is 18.4. The number of benzene rings is 1. The predicted molar refractivity (Wildman–Crippen MR) is 117 cm³/mol. The molecule has 1 amide bonds. The standard InChI is InChI=1S/C23H21N5O3/c1-2-28(12-9-16-7-10-24-11-8-16)22(29)19(13-20(27-28)23(30)31)26-21-15-25-14-17-5-3-4-6-18(17)21/h3-8,10-11,13-15H,2,9,12H2,1H3,(H-,26,27,30,31)/p+1. The van der Waals surface area contributed by atoms with E-state index in [4.69, 9.17) is 0 Å². The van der Waals surface area contributed by atoms with Gasteiger partial charge in [-0.15, -0.1) is 4.59 Å². The summed E-state index contributed by atoms with van der Waals surface area (Å²) in [5.74, 6) is -1.46. The molecule has 2 aromatic heterocycles. The monoisotopic (exact) mass is 416 g/mol. The Kier molecular flexibility index (Phi) is 5.55. The minimum Gasteiger partial charge on any atom is -0.476 e. The Balaban J connectivity index is 1.70. The van der Waals surface area contributed by atoms with Crippen molar-refractivity contribution in [2.75, 3.05) is 18.4 Å². The number of carboxylic acid groups (broad SMARTS) is 1. The molecule has 4 rings (SSSR count). The number of aromatic nitrogens is 2. The van der Waals surface area contributed by atoms with Crippen LogP contribution in [0.5, 0.6) is 0 Å². The first-order valence-corrected chi connectivity index (χ1v) is 9.98. The van der Waals surface area contributed by atoms with Crippen molar-refractivity contribution in [1.82, 2.24) is 9.97 Å². The number of anilines is 1. The van der Waals surface area contributed by atoms with E-state index in [1.54, 1.807) is 24.8 Å². The molecule has 156 valence electrons. The highest BCUT2D eigenvalue weighted by molar-refractivity contribution is 6.41. The summed E-state index contributed by atoms with van der Waals surface area (Å²) >= 11 is 0. The van der Waals surface area contributed by atoms with Crippen LogP contribution in [0.1, 0.15) is 12.5 Å². The van der Waals surface area contributed by atoms with Gasteiger partial charge in [0.05, 0.1) is 11.9 Å². The third-order valence-corrected chi connectivity index (χ3v) is 5.39. The number of quaternary nitrogens is 1. The molecule has 3 aromatic rings. The van der Waals surface area contributed by atoms with E-state index in [9.17, 15) is 14.7 Å². The zero-order valence-electron chi connectivity index (χ0n) is 17.0. The second-order valence-corrected chi connectivity index (χ2v) is 7.25. The number of rotatable bonds is 7. The summed E-state index contributed by atoms with van der Waals surface area (Å²) in [4.78, 5) is 33.6. The van der Waals surface area contributed by atoms with Crippen LogP contribution in [0.25, 0.3) is 10.8 Å². The topological polar surface area (TPSA) is 105 Å². The molecule has 31 heavy (non-hydrogen) atoms. The molecule has 0 aliphatic carbocycles. The van der Waals surface area contributed by atoms with E-state index in [1.165, 1.54) is 6.08 Å². The Hall–Kier alpha value is -3.91. The van der Waals surface area contributed by atoms with Crippen molar-refractivity contribution >= 4 is 34.0 Å². The van der Waals surface area contributed by atoms with Crippen molar-refractivity contribution < 1.29 is 19.3 Å². The number of pyridine rings is 2. The van der Waals surface area contributed by atoms with Crippen molar-refractivity contribution in [2.45, 2.75) is 13.3 Å². The van der Waals surface area contributed by atoms with Crippen LogP contribution in [0.4, 0.5) is 5.69 Å². The minimum absolute atomic E-state index is 0.160. The zero-order valence-corrected chi connectivity index (χ0v) is 17.0. The lowest BCUT2D eigenvalue weighted by Gasteiger charge is -2.32. The number of aliphatic carboxylic acids is 1. The van der Waals surface area contributed by atoms with Gasteiger partial charge in [0.2, 0.25) is 5.71 Å². The largest absolute Gasteiger partial charge is 0.476 e. The fourth-order valence-corrected chi connectivity index (χ4v) is 3.65. The number of carbonyl (C=O) groups excluding carboxylic acids is 1. The second-order valence-electron chi connectivity index (χ2n) is 7.25. The fourth-order valence-electron chi connectivity index (χ4n) is 3.65. The van der Waals surface area contributed by atoms with Gasteiger partial charge in [-0.1, -0.05) is 29.4 Å². The fraction of sp³-hybridized carbons (Fsp3) is 0.174. The summed E-state index contributed by atoms with van der Waals surface area (Å²) in [5.41, 5.74) is 1.66. The lowest BCUT2D eigenvalue weighted by atomic mass is 10.1. The summed E-state index contributed by atoms with van der Waals surface area (Å²) in [7, 11) is 0. The Bertz CT molecular complexity index is 1200. The van der Waals surface area contributed by atoms with Gasteiger partial charge in [0, 0.05) is 41.9 Å². The minimum atomic E-state index is -1.18. The molecule has 0 fully saturated rings. The Morgan fingerprint density at radius 1 is 1.10 bits per heavy atom. The summed E-state index contributed by atoms with van der Waals surface area (Å²) in [6.45, 7) is 2.49. The van der Waals surface area contributed by atoms with E-state index in [0.29, 0.717) is 25.2 Å². The van der Waals surface area contributed by atoms with Crippen LogP contribution in [-0.4, -0.2) is 50.3 Å². The zero-order chi connectivity index (χ0) is 21.8. The average Bonchev–Trinajstić information content (AvgIpc) is 2.80. The van der Waals surface area contributed by atoms with E-state index >= 15 is 0 Å². The van der Waals surface area contributed by atoms with Crippen LogP contribution in [0.2, 0.25) is 0 Å². The molecule has 0 saturated carbocycles. The van der Waals surface area contributed by atoms with Gasteiger partial charge in [-0.2, -0.15) is 0 Å². The van der Waals surface area contributed by atoms with Crippen LogP contribution < -0.4 is 5.32 Å². The maximum Gasteiger partial charge on any atom is 0.388 e.